The third-order valence-corrected chi connectivity index (χ3v) is 4.02. The van der Waals surface area contributed by atoms with Crippen LogP contribution in [-0.2, 0) is 6.42 Å². The maximum absolute atomic E-state index is 4.31. The van der Waals surface area contributed by atoms with Gasteiger partial charge in [-0.3, -0.25) is 0 Å². The first-order valence-corrected chi connectivity index (χ1v) is 6.71. The minimum absolute atomic E-state index is 0.154. The smallest absolute Gasteiger partial charge is 0.0896 e. The van der Waals surface area contributed by atoms with E-state index in [0.717, 1.165) is 24.0 Å². The van der Waals surface area contributed by atoms with Gasteiger partial charge in [-0.1, -0.05) is 13.0 Å². The molecule has 0 aliphatic heterocycles. The zero-order chi connectivity index (χ0) is 11.6. The molecule has 3 heteroatoms. The first-order chi connectivity index (χ1) is 7.61. The molecule has 1 aliphatic rings. The van der Waals surface area contributed by atoms with E-state index in [1.54, 1.807) is 11.3 Å². The number of nitrogens with zero attached hydrogens (tertiary/aromatic N) is 1. The lowest BCUT2D eigenvalue weighted by Crippen LogP contribution is -2.33. The lowest BCUT2D eigenvalue weighted by Gasteiger charge is -2.25. The summed E-state index contributed by atoms with van der Waals surface area (Å²) in [7, 11) is 0. The maximum atomic E-state index is 4.31. The fourth-order valence-corrected chi connectivity index (χ4v) is 2.75. The topological polar surface area (TPSA) is 24.9 Å². The number of thiazole rings is 1. The van der Waals surface area contributed by atoms with Gasteiger partial charge in [-0.15, -0.1) is 17.9 Å². The first kappa shape index (κ1) is 11.8. The molecule has 0 saturated heterocycles. The molecular weight excluding hydrogens is 216 g/mol. The predicted octanol–water partition coefficient (Wildman–Crippen LogP) is 2.94. The van der Waals surface area contributed by atoms with Crippen molar-refractivity contribution in [3.63, 3.8) is 0 Å². The summed E-state index contributed by atoms with van der Waals surface area (Å²) in [5.41, 5.74) is 0.154. The molecule has 1 atom stereocenters. The van der Waals surface area contributed by atoms with Gasteiger partial charge in [0.1, 0.15) is 0 Å². The molecule has 0 radical (unpaired) electrons. The van der Waals surface area contributed by atoms with Crippen molar-refractivity contribution in [2.45, 2.75) is 39.2 Å². The first-order valence-electron chi connectivity index (χ1n) is 5.90. The van der Waals surface area contributed by atoms with Crippen LogP contribution in [0.4, 0.5) is 0 Å². The fourth-order valence-electron chi connectivity index (χ4n) is 1.76. The third kappa shape index (κ3) is 3.16. The fraction of sp³-hybridized carbons (Fsp3) is 0.615. The molecule has 1 saturated carbocycles. The summed E-state index contributed by atoms with van der Waals surface area (Å²) in [6.07, 6.45) is 7.80. The summed E-state index contributed by atoms with van der Waals surface area (Å²) in [4.78, 5) is 5.67. The quantitative estimate of drug-likeness (QED) is 0.768. The Labute approximate surface area is 102 Å². The minimum Gasteiger partial charge on any atom is -0.313 e. The van der Waals surface area contributed by atoms with Gasteiger partial charge in [0, 0.05) is 29.1 Å². The summed E-state index contributed by atoms with van der Waals surface area (Å²) in [5, 5.41) is 4.74. The van der Waals surface area contributed by atoms with Gasteiger partial charge in [0.05, 0.1) is 5.01 Å². The summed E-state index contributed by atoms with van der Waals surface area (Å²) >= 11 is 1.79. The molecule has 16 heavy (non-hydrogen) atoms. The van der Waals surface area contributed by atoms with Crippen LogP contribution in [0.2, 0.25) is 0 Å². The zero-order valence-electron chi connectivity index (χ0n) is 10.1. The molecule has 1 aromatic heterocycles. The van der Waals surface area contributed by atoms with E-state index in [1.165, 1.54) is 17.7 Å². The third-order valence-electron chi connectivity index (χ3n) is 3.11. The number of aromatic nitrogens is 1. The normalized spacial score (nSPS) is 19.4. The van der Waals surface area contributed by atoms with E-state index in [1.807, 2.05) is 6.20 Å². The van der Waals surface area contributed by atoms with Gasteiger partial charge in [0.25, 0.3) is 0 Å². The second-order valence-corrected chi connectivity index (χ2v) is 6.36. The lowest BCUT2D eigenvalue weighted by atomic mass is 9.86. The van der Waals surface area contributed by atoms with Gasteiger partial charge < -0.3 is 5.32 Å². The standard InChI is InChI=1S/C13H20N2S/c1-4-13(3,9-15-11-5-6-11)7-12-8-14-10(2)16-12/h4,8,11,15H,1,5-7,9H2,2-3H3. The second kappa shape index (κ2) is 4.68. The van der Waals surface area contributed by atoms with E-state index < -0.39 is 0 Å². The van der Waals surface area contributed by atoms with E-state index in [9.17, 15) is 0 Å². The van der Waals surface area contributed by atoms with E-state index in [2.05, 4.69) is 36.8 Å². The van der Waals surface area contributed by atoms with Crippen molar-refractivity contribution in [2.24, 2.45) is 5.41 Å². The Balaban J connectivity index is 1.93. The Morgan fingerprint density at radius 2 is 2.44 bits per heavy atom. The maximum Gasteiger partial charge on any atom is 0.0896 e. The second-order valence-electron chi connectivity index (χ2n) is 5.04. The van der Waals surface area contributed by atoms with Crippen LogP contribution < -0.4 is 5.32 Å². The molecule has 0 spiro atoms. The van der Waals surface area contributed by atoms with Crippen molar-refractivity contribution in [3.05, 3.63) is 28.7 Å². The van der Waals surface area contributed by atoms with Gasteiger partial charge in [-0.05, 0) is 26.2 Å². The molecule has 1 fully saturated rings. The van der Waals surface area contributed by atoms with Crippen LogP contribution in [0.3, 0.4) is 0 Å². The number of rotatable bonds is 6. The van der Waals surface area contributed by atoms with Crippen molar-refractivity contribution in [1.82, 2.24) is 10.3 Å². The van der Waals surface area contributed by atoms with Gasteiger partial charge in [-0.2, -0.15) is 0 Å². The molecular formula is C13H20N2S. The van der Waals surface area contributed by atoms with Crippen LogP contribution in [0, 0.1) is 12.3 Å². The SMILES string of the molecule is C=CC(C)(CNC1CC1)Cc1cnc(C)s1. The molecule has 1 unspecified atom stereocenters. The highest BCUT2D eigenvalue weighted by Crippen LogP contribution is 2.28. The molecule has 1 aromatic rings. The predicted molar refractivity (Wildman–Crippen MR) is 69.9 cm³/mol. The Morgan fingerprint density at radius 3 is 2.94 bits per heavy atom. The summed E-state index contributed by atoms with van der Waals surface area (Å²) in [5.74, 6) is 0. The molecule has 2 nitrogen and oxygen atoms in total. The Morgan fingerprint density at radius 1 is 1.69 bits per heavy atom. The molecule has 1 heterocycles. The van der Waals surface area contributed by atoms with Crippen molar-refractivity contribution in [2.75, 3.05) is 6.54 Å². The average Bonchev–Trinajstić information content (AvgIpc) is 3.01. The van der Waals surface area contributed by atoms with Crippen LogP contribution >= 0.6 is 11.3 Å². The largest absolute Gasteiger partial charge is 0.313 e. The Bertz CT molecular complexity index is 368. The van der Waals surface area contributed by atoms with Crippen molar-refractivity contribution in [1.29, 1.82) is 0 Å². The highest BCUT2D eigenvalue weighted by molar-refractivity contribution is 7.11. The number of hydrogen-bond acceptors (Lipinski definition) is 3. The number of hydrogen-bond donors (Lipinski definition) is 1. The van der Waals surface area contributed by atoms with E-state index in [-0.39, 0.29) is 5.41 Å². The van der Waals surface area contributed by atoms with Crippen molar-refractivity contribution in [3.8, 4) is 0 Å². The lowest BCUT2D eigenvalue weighted by molar-refractivity contribution is 0.391. The van der Waals surface area contributed by atoms with Gasteiger partial charge in [0.15, 0.2) is 0 Å². The Hall–Kier alpha value is -0.670. The number of nitrogens with one attached hydrogen (secondary N) is 1. The molecule has 1 aliphatic carbocycles. The molecule has 0 bridgehead atoms. The van der Waals surface area contributed by atoms with Gasteiger partial charge in [-0.25, -0.2) is 4.98 Å². The molecule has 88 valence electrons. The van der Waals surface area contributed by atoms with Crippen LogP contribution in [0.25, 0.3) is 0 Å². The van der Waals surface area contributed by atoms with Gasteiger partial charge in [0.2, 0.25) is 0 Å². The van der Waals surface area contributed by atoms with Crippen LogP contribution in [0.5, 0.6) is 0 Å². The summed E-state index contributed by atoms with van der Waals surface area (Å²) in [6.45, 7) is 9.33. The molecule has 0 amide bonds. The van der Waals surface area contributed by atoms with Gasteiger partial charge >= 0.3 is 0 Å². The number of aryl methyl sites for hydroxylation is 1. The van der Waals surface area contributed by atoms with E-state index >= 15 is 0 Å². The average molecular weight is 236 g/mol. The molecule has 2 rings (SSSR count). The van der Waals surface area contributed by atoms with Crippen LogP contribution in [-0.4, -0.2) is 17.6 Å². The highest BCUT2D eigenvalue weighted by atomic mass is 32.1. The molecule has 0 aromatic carbocycles. The monoisotopic (exact) mass is 236 g/mol. The van der Waals surface area contributed by atoms with Crippen LogP contribution in [0.1, 0.15) is 29.7 Å². The van der Waals surface area contributed by atoms with Crippen molar-refractivity contribution >= 4 is 11.3 Å². The van der Waals surface area contributed by atoms with E-state index in [0.29, 0.717) is 0 Å². The summed E-state index contributed by atoms with van der Waals surface area (Å²) in [6, 6.07) is 0.766. The summed E-state index contributed by atoms with van der Waals surface area (Å²) < 4.78 is 0. The highest BCUT2D eigenvalue weighted by Gasteiger charge is 2.27. The van der Waals surface area contributed by atoms with Crippen LogP contribution in [0.15, 0.2) is 18.9 Å². The zero-order valence-corrected chi connectivity index (χ0v) is 10.9. The Kier molecular flexibility index (Phi) is 3.45. The van der Waals surface area contributed by atoms with E-state index in [4.69, 9.17) is 0 Å². The minimum atomic E-state index is 0.154. The molecule has 1 N–H and O–H groups in total. The van der Waals surface area contributed by atoms with Crippen molar-refractivity contribution < 1.29 is 0 Å².